The molecule has 1 fully saturated rings. The summed E-state index contributed by atoms with van der Waals surface area (Å²) in [5, 5.41) is -0.0572. The largest absolute Gasteiger partial charge is 0.323 e. The van der Waals surface area contributed by atoms with Crippen molar-refractivity contribution in [2.24, 2.45) is 5.41 Å². The zero-order chi connectivity index (χ0) is 14.5. The predicted molar refractivity (Wildman–Crippen MR) is 85.4 cm³/mol. The zero-order valence-electron chi connectivity index (χ0n) is 12.8. The van der Waals surface area contributed by atoms with Crippen LogP contribution in [0.5, 0.6) is 0 Å². The van der Waals surface area contributed by atoms with E-state index in [0.29, 0.717) is 11.5 Å². The van der Waals surface area contributed by atoms with E-state index in [0.717, 1.165) is 11.3 Å². The van der Waals surface area contributed by atoms with Crippen LogP contribution in [0.1, 0.15) is 62.8 Å². The number of hydrogen-bond donors (Lipinski definition) is 0. The normalized spacial score (nSPS) is 23.4. The van der Waals surface area contributed by atoms with E-state index in [1.807, 2.05) is 6.92 Å². The molecule has 0 radical (unpaired) electrons. The molecule has 108 valence electrons. The summed E-state index contributed by atoms with van der Waals surface area (Å²) in [6.45, 7) is 8.94. The number of fused-ring (bicyclic) bond motifs is 1. The van der Waals surface area contributed by atoms with Crippen molar-refractivity contribution in [3.05, 3.63) is 29.6 Å². The molecular formula is C17H23ClN2. The van der Waals surface area contributed by atoms with E-state index >= 15 is 0 Å². The van der Waals surface area contributed by atoms with Gasteiger partial charge in [-0.1, -0.05) is 32.4 Å². The van der Waals surface area contributed by atoms with Gasteiger partial charge in [0.15, 0.2) is 0 Å². The van der Waals surface area contributed by atoms with Crippen LogP contribution in [0.25, 0.3) is 11.0 Å². The van der Waals surface area contributed by atoms with E-state index in [1.54, 1.807) is 0 Å². The molecule has 3 rings (SSSR count). The van der Waals surface area contributed by atoms with E-state index in [-0.39, 0.29) is 5.38 Å². The first-order chi connectivity index (χ1) is 9.42. The Bertz CT molecular complexity index is 640. The van der Waals surface area contributed by atoms with Crippen LogP contribution in [-0.2, 0) is 0 Å². The second-order valence-corrected chi connectivity index (χ2v) is 7.45. The Hall–Kier alpha value is -1.02. The molecule has 20 heavy (non-hydrogen) atoms. The summed E-state index contributed by atoms with van der Waals surface area (Å²) < 4.78 is 2.44. The Kier molecular flexibility index (Phi) is 3.32. The first-order valence-electron chi connectivity index (χ1n) is 7.53. The number of hydrogen-bond acceptors (Lipinski definition) is 1. The number of aryl methyl sites for hydroxylation is 1. The fourth-order valence-corrected chi connectivity index (χ4v) is 3.88. The summed E-state index contributed by atoms with van der Waals surface area (Å²) in [6.07, 6.45) is 3.79. The van der Waals surface area contributed by atoms with Crippen LogP contribution in [0.15, 0.2) is 18.2 Å². The van der Waals surface area contributed by atoms with Crippen molar-refractivity contribution in [1.82, 2.24) is 9.55 Å². The lowest BCUT2D eigenvalue weighted by molar-refractivity contribution is 0.260. The van der Waals surface area contributed by atoms with Gasteiger partial charge >= 0.3 is 0 Å². The molecule has 2 atom stereocenters. The summed E-state index contributed by atoms with van der Waals surface area (Å²) in [5.74, 6) is 1.02. The molecule has 0 amide bonds. The Morgan fingerprint density at radius 2 is 2.15 bits per heavy atom. The maximum atomic E-state index is 6.42. The van der Waals surface area contributed by atoms with Crippen molar-refractivity contribution in [1.29, 1.82) is 0 Å². The van der Waals surface area contributed by atoms with Crippen molar-refractivity contribution in [2.45, 2.75) is 58.4 Å². The molecule has 1 heterocycles. The van der Waals surface area contributed by atoms with Crippen molar-refractivity contribution < 1.29 is 0 Å². The summed E-state index contributed by atoms with van der Waals surface area (Å²) >= 11 is 6.42. The molecule has 0 bridgehead atoms. The first-order valence-corrected chi connectivity index (χ1v) is 7.97. The van der Waals surface area contributed by atoms with E-state index in [1.165, 1.54) is 30.3 Å². The molecule has 0 saturated heterocycles. The second-order valence-electron chi connectivity index (χ2n) is 6.80. The van der Waals surface area contributed by atoms with Crippen molar-refractivity contribution in [3.63, 3.8) is 0 Å². The van der Waals surface area contributed by atoms with Crippen LogP contribution >= 0.6 is 11.6 Å². The smallest absolute Gasteiger partial charge is 0.127 e. The summed E-state index contributed by atoms with van der Waals surface area (Å²) in [4.78, 5) is 4.81. The number of rotatable bonds is 2. The highest BCUT2D eigenvalue weighted by atomic mass is 35.5. The minimum Gasteiger partial charge on any atom is -0.323 e. The lowest BCUT2D eigenvalue weighted by Gasteiger charge is -2.31. The van der Waals surface area contributed by atoms with E-state index in [2.05, 4.69) is 43.5 Å². The van der Waals surface area contributed by atoms with Gasteiger partial charge in [0, 0.05) is 6.04 Å². The highest BCUT2D eigenvalue weighted by Crippen LogP contribution is 2.48. The third kappa shape index (κ3) is 2.05. The van der Waals surface area contributed by atoms with Crippen LogP contribution in [-0.4, -0.2) is 9.55 Å². The van der Waals surface area contributed by atoms with Gasteiger partial charge in [0.25, 0.3) is 0 Å². The molecule has 2 unspecified atom stereocenters. The van der Waals surface area contributed by atoms with Crippen LogP contribution in [0.4, 0.5) is 0 Å². The lowest BCUT2D eigenvalue weighted by atomic mass is 9.87. The van der Waals surface area contributed by atoms with Crippen molar-refractivity contribution in [2.75, 3.05) is 0 Å². The van der Waals surface area contributed by atoms with Crippen LogP contribution in [0, 0.1) is 12.3 Å². The maximum Gasteiger partial charge on any atom is 0.127 e. The Balaban J connectivity index is 2.29. The second kappa shape index (κ2) is 4.77. The summed E-state index contributed by atoms with van der Waals surface area (Å²) in [7, 11) is 0. The van der Waals surface area contributed by atoms with Gasteiger partial charge in [-0.25, -0.2) is 4.98 Å². The number of imidazole rings is 1. The molecule has 1 aliphatic carbocycles. The minimum absolute atomic E-state index is 0.0572. The van der Waals surface area contributed by atoms with Gasteiger partial charge in [0.1, 0.15) is 5.82 Å². The maximum absolute atomic E-state index is 6.42. The van der Waals surface area contributed by atoms with Crippen LogP contribution < -0.4 is 0 Å². The van der Waals surface area contributed by atoms with Crippen molar-refractivity contribution in [3.8, 4) is 0 Å². The van der Waals surface area contributed by atoms with Gasteiger partial charge in [-0.2, -0.15) is 0 Å². The van der Waals surface area contributed by atoms with Gasteiger partial charge in [0.2, 0.25) is 0 Å². The molecule has 2 nitrogen and oxygen atoms in total. The van der Waals surface area contributed by atoms with Crippen LogP contribution in [0.3, 0.4) is 0 Å². The van der Waals surface area contributed by atoms with Gasteiger partial charge < -0.3 is 4.57 Å². The molecule has 1 aromatic carbocycles. The monoisotopic (exact) mass is 290 g/mol. The topological polar surface area (TPSA) is 17.8 Å². The van der Waals surface area contributed by atoms with E-state index in [4.69, 9.17) is 16.6 Å². The Labute approximate surface area is 126 Å². The van der Waals surface area contributed by atoms with Gasteiger partial charge in [-0.05, 0) is 43.7 Å². The SMILES string of the molecule is Cc1cccc2nc(C(C)Cl)n(C3CCCC3(C)C)c12. The van der Waals surface area contributed by atoms with E-state index in [9.17, 15) is 0 Å². The lowest BCUT2D eigenvalue weighted by Crippen LogP contribution is -2.23. The molecule has 0 aliphatic heterocycles. The number of halogens is 1. The number of aromatic nitrogens is 2. The third-order valence-electron chi connectivity index (χ3n) is 4.81. The summed E-state index contributed by atoms with van der Waals surface area (Å²) in [6, 6.07) is 6.86. The predicted octanol–water partition coefficient (Wildman–Crippen LogP) is 5.40. The molecule has 1 aliphatic rings. The number of nitrogens with zero attached hydrogens (tertiary/aromatic N) is 2. The number of benzene rings is 1. The standard InChI is InChI=1S/C17H23ClN2/c1-11-7-5-8-13-15(11)20(16(19-13)12(2)18)14-9-6-10-17(14,3)4/h5,7-8,12,14H,6,9-10H2,1-4H3. The van der Waals surface area contributed by atoms with Crippen molar-refractivity contribution >= 4 is 22.6 Å². The Morgan fingerprint density at radius 1 is 1.40 bits per heavy atom. The quantitative estimate of drug-likeness (QED) is 0.678. The van der Waals surface area contributed by atoms with Gasteiger partial charge in [-0.3, -0.25) is 0 Å². The molecule has 1 aromatic heterocycles. The summed E-state index contributed by atoms with van der Waals surface area (Å²) in [5.41, 5.74) is 3.96. The number of para-hydroxylation sites is 1. The zero-order valence-corrected chi connectivity index (χ0v) is 13.5. The van der Waals surface area contributed by atoms with Gasteiger partial charge in [0.05, 0.1) is 16.4 Å². The number of alkyl halides is 1. The van der Waals surface area contributed by atoms with E-state index < -0.39 is 0 Å². The average molecular weight is 291 g/mol. The minimum atomic E-state index is -0.0572. The fourth-order valence-electron chi connectivity index (χ4n) is 3.72. The molecular weight excluding hydrogens is 268 g/mol. The highest BCUT2D eigenvalue weighted by Gasteiger charge is 2.38. The fraction of sp³-hybridized carbons (Fsp3) is 0.588. The van der Waals surface area contributed by atoms with Gasteiger partial charge in [-0.15, -0.1) is 11.6 Å². The Morgan fingerprint density at radius 3 is 2.75 bits per heavy atom. The first kappa shape index (κ1) is 13.9. The molecule has 3 heteroatoms. The molecule has 0 N–H and O–H groups in total. The molecule has 0 spiro atoms. The molecule has 1 saturated carbocycles. The molecule has 2 aromatic rings. The third-order valence-corrected chi connectivity index (χ3v) is 5.00. The average Bonchev–Trinajstić information content (AvgIpc) is 2.89. The van der Waals surface area contributed by atoms with Crippen LogP contribution in [0.2, 0.25) is 0 Å². The highest BCUT2D eigenvalue weighted by molar-refractivity contribution is 6.20.